The summed E-state index contributed by atoms with van der Waals surface area (Å²) in [7, 11) is 0. The van der Waals surface area contributed by atoms with Gasteiger partial charge in [-0.05, 0) is 19.1 Å². The number of ether oxygens (including phenoxy) is 1. The second kappa shape index (κ2) is 3.93. The molecule has 0 aliphatic carbocycles. The monoisotopic (exact) mass is 265 g/mol. The third-order valence-corrected chi connectivity index (χ3v) is 4.06. The first-order chi connectivity index (χ1) is 8.62. The van der Waals surface area contributed by atoms with Gasteiger partial charge >= 0.3 is 5.97 Å². The zero-order chi connectivity index (χ0) is 12.8. The molecule has 1 fully saturated rings. The molecule has 1 saturated heterocycles. The zero-order valence-electron chi connectivity index (χ0n) is 9.67. The Kier molecular flexibility index (Phi) is 2.49. The van der Waals surface area contributed by atoms with Gasteiger partial charge in [0.25, 0.3) is 0 Å². The van der Waals surface area contributed by atoms with Gasteiger partial charge in [-0.2, -0.15) is 0 Å². The molecule has 94 valence electrons. The molecule has 0 saturated carbocycles. The molecule has 0 atom stereocenters. The minimum Gasteiger partial charge on any atom is -0.480 e. The molecule has 2 aromatic heterocycles. The Morgan fingerprint density at radius 3 is 2.78 bits per heavy atom. The van der Waals surface area contributed by atoms with Gasteiger partial charge in [-0.1, -0.05) is 0 Å². The van der Waals surface area contributed by atoms with E-state index in [0.29, 0.717) is 16.5 Å². The molecule has 3 heterocycles. The number of aryl methyl sites for hydroxylation is 1. The van der Waals surface area contributed by atoms with Crippen molar-refractivity contribution in [3.63, 3.8) is 0 Å². The van der Waals surface area contributed by atoms with Crippen LogP contribution in [0.1, 0.15) is 10.8 Å². The summed E-state index contributed by atoms with van der Waals surface area (Å²) in [5.41, 5.74) is -0.291. The third-order valence-electron chi connectivity index (χ3n) is 3.01. The smallest absolute Gasteiger partial charge is 0.321 e. The first kappa shape index (κ1) is 11.4. The summed E-state index contributed by atoms with van der Waals surface area (Å²) < 4.78 is 10.5. The number of carbonyl (C=O) groups is 1. The molecule has 2 aromatic rings. The fourth-order valence-corrected chi connectivity index (χ4v) is 2.80. The van der Waals surface area contributed by atoms with Gasteiger partial charge < -0.3 is 14.3 Å². The highest BCUT2D eigenvalue weighted by atomic mass is 32.1. The van der Waals surface area contributed by atoms with Gasteiger partial charge in [0.15, 0.2) is 11.2 Å². The van der Waals surface area contributed by atoms with E-state index in [9.17, 15) is 9.90 Å². The second-order valence-corrected chi connectivity index (χ2v) is 5.19. The number of carboxylic acid groups (broad SMARTS) is 1. The summed E-state index contributed by atoms with van der Waals surface area (Å²) in [5.74, 6) is 0.584. The van der Waals surface area contributed by atoms with Crippen LogP contribution in [0.5, 0.6) is 0 Å². The standard InChI is InChI=1S/C12H11NO4S/c1-7-2-3-9(17-7)8-4-18-10(13-8)12(11(14)15)5-16-6-12/h2-4H,5-6H2,1H3,(H,14,15). The first-order valence-electron chi connectivity index (χ1n) is 5.46. The maximum atomic E-state index is 11.3. The van der Waals surface area contributed by atoms with Crippen molar-refractivity contribution in [1.29, 1.82) is 0 Å². The van der Waals surface area contributed by atoms with Crippen LogP contribution in [0.15, 0.2) is 21.9 Å². The molecule has 1 N–H and O–H groups in total. The number of carboxylic acids is 1. The molecule has 3 rings (SSSR count). The molecule has 0 amide bonds. The van der Waals surface area contributed by atoms with E-state index in [-0.39, 0.29) is 13.2 Å². The van der Waals surface area contributed by atoms with Crippen LogP contribution < -0.4 is 0 Å². The van der Waals surface area contributed by atoms with Gasteiger partial charge in [0.2, 0.25) is 0 Å². The number of nitrogens with zero attached hydrogens (tertiary/aromatic N) is 1. The highest BCUT2D eigenvalue weighted by molar-refractivity contribution is 7.10. The zero-order valence-corrected chi connectivity index (χ0v) is 10.5. The predicted molar refractivity (Wildman–Crippen MR) is 64.7 cm³/mol. The van der Waals surface area contributed by atoms with Crippen LogP contribution in [-0.2, 0) is 14.9 Å². The summed E-state index contributed by atoms with van der Waals surface area (Å²) in [5, 5.41) is 11.7. The van der Waals surface area contributed by atoms with E-state index in [2.05, 4.69) is 4.98 Å². The van der Waals surface area contributed by atoms with E-state index in [1.807, 2.05) is 24.4 Å². The first-order valence-corrected chi connectivity index (χ1v) is 6.34. The van der Waals surface area contributed by atoms with Gasteiger partial charge in [-0.25, -0.2) is 4.98 Å². The molecule has 0 aromatic carbocycles. The number of hydrogen-bond donors (Lipinski definition) is 1. The lowest BCUT2D eigenvalue weighted by atomic mass is 9.87. The minimum absolute atomic E-state index is 0.187. The molecule has 0 bridgehead atoms. The van der Waals surface area contributed by atoms with Crippen molar-refractivity contribution < 1.29 is 19.1 Å². The largest absolute Gasteiger partial charge is 0.480 e. The lowest BCUT2D eigenvalue weighted by Crippen LogP contribution is -2.53. The fourth-order valence-electron chi connectivity index (χ4n) is 1.82. The molecular weight excluding hydrogens is 254 g/mol. The lowest BCUT2D eigenvalue weighted by Gasteiger charge is -2.35. The van der Waals surface area contributed by atoms with Crippen LogP contribution in [-0.4, -0.2) is 29.3 Å². The van der Waals surface area contributed by atoms with Crippen LogP contribution in [0.3, 0.4) is 0 Å². The number of furan rings is 1. The highest BCUT2D eigenvalue weighted by Crippen LogP contribution is 2.36. The van der Waals surface area contributed by atoms with Gasteiger partial charge in [0.05, 0.1) is 13.2 Å². The Morgan fingerprint density at radius 1 is 1.50 bits per heavy atom. The van der Waals surface area contributed by atoms with Crippen molar-refractivity contribution >= 4 is 17.3 Å². The normalized spacial score (nSPS) is 17.4. The summed E-state index contributed by atoms with van der Waals surface area (Å²) in [6.07, 6.45) is 0. The van der Waals surface area contributed by atoms with Crippen molar-refractivity contribution in [3.05, 3.63) is 28.3 Å². The van der Waals surface area contributed by atoms with Gasteiger partial charge in [-0.15, -0.1) is 11.3 Å². The van der Waals surface area contributed by atoms with Crippen LogP contribution >= 0.6 is 11.3 Å². The quantitative estimate of drug-likeness (QED) is 0.919. The number of hydrogen-bond acceptors (Lipinski definition) is 5. The SMILES string of the molecule is Cc1ccc(-c2csc(C3(C(=O)O)COC3)n2)o1. The molecule has 0 spiro atoms. The number of aliphatic carboxylic acids is 1. The Hall–Kier alpha value is -1.66. The Bertz CT molecular complexity index is 597. The van der Waals surface area contributed by atoms with Crippen molar-refractivity contribution in [3.8, 4) is 11.5 Å². The number of aromatic nitrogens is 1. The molecule has 0 unspecified atom stereocenters. The molecule has 6 heteroatoms. The molecule has 1 aliphatic heterocycles. The van der Waals surface area contributed by atoms with Crippen LogP contribution in [0.4, 0.5) is 0 Å². The number of rotatable bonds is 3. The Labute approximate surface area is 107 Å². The molecule has 5 nitrogen and oxygen atoms in total. The summed E-state index contributed by atoms with van der Waals surface area (Å²) in [6.45, 7) is 2.23. The van der Waals surface area contributed by atoms with E-state index < -0.39 is 11.4 Å². The van der Waals surface area contributed by atoms with E-state index in [1.165, 1.54) is 11.3 Å². The molecule has 0 radical (unpaired) electrons. The molecule has 18 heavy (non-hydrogen) atoms. The predicted octanol–water partition coefficient (Wildman–Crippen LogP) is 2.06. The van der Waals surface area contributed by atoms with Crippen molar-refractivity contribution in [2.75, 3.05) is 13.2 Å². The van der Waals surface area contributed by atoms with Crippen LogP contribution in [0.25, 0.3) is 11.5 Å². The van der Waals surface area contributed by atoms with Crippen molar-refractivity contribution in [1.82, 2.24) is 4.98 Å². The van der Waals surface area contributed by atoms with Crippen molar-refractivity contribution in [2.24, 2.45) is 0 Å². The molecular formula is C12H11NO4S. The van der Waals surface area contributed by atoms with Gasteiger partial charge in [0.1, 0.15) is 16.5 Å². The average Bonchev–Trinajstić information content (AvgIpc) is 2.84. The van der Waals surface area contributed by atoms with E-state index in [4.69, 9.17) is 9.15 Å². The van der Waals surface area contributed by atoms with E-state index in [1.54, 1.807) is 0 Å². The Morgan fingerprint density at radius 2 is 2.28 bits per heavy atom. The van der Waals surface area contributed by atoms with Crippen LogP contribution in [0, 0.1) is 6.92 Å². The maximum absolute atomic E-state index is 11.3. The third kappa shape index (κ3) is 1.57. The van der Waals surface area contributed by atoms with Gasteiger partial charge in [0, 0.05) is 5.38 Å². The summed E-state index contributed by atoms with van der Waals surface area (Å²) in [4.78, 5) is 15.7. The topological polar surface area (TPSA) is 72.6 Å². The van der Waals surface area contributed by atoms with E-state index >= 15 is 0 Å². The van der Waals surface area contributed by atoms with Gasteiger partial charge in [-0.3, -0.25) is 4.79 Å². The fraction of sp³-hybridized carbons (Fsp3) is 0.333. The Balaban J connectivity index is 1.96. The highest BCUT2D eigenvalue weighted by Gasteiger charge is 2.50. The summed E-state index contributed by atoms with van der Waals surface area (Å²) >= 11 is 1.33. The summed E-state index contributed by atoms with van der Waals surface area (Å²) in [6, 6.07) is 3.69. The lowest BCUT2D eigenvalue weighted by molar-refractivity contribution is -0.163. The van der Waals surface area contributed by atoms with Crippen molar-refractivity contribution in [2.45, 2.75) is 12.3 Å². The molecule has 1 aliphatic rings. The van der Waals surface area contributed by atoms with Crippen LogP contribution in [0.2, 0.25) is 0 Å². The maximum Gasteiger partial charge on any atom is 0.321 e. The van der Waals surface area contributed by atoms with E-state index in [0.717, 1.165) is 5.76 Å². The number of thiazole rings is 1. The average molecular weight is 265 g/mol. The second-order valence-electron chi connectivity index (χ2n) is 4.33. The minimum atomic E-state index is -0.968.